The summed E-state index contributed by atoms with van der Waals surface area (Å²) in [6, 6.07) is 17.6. The van der Waals surface area contributed by atoms with Crippen LogP contribution in [0.1, 0.15) is 30.9 Å². The summed E-state index contributed by atoms with van der Waals surface area (Å²) >= 11 is 0. The third-order valence-corrected chi connectivity index (χ3v) is 8.73. The molecule has 228 valence electrons. The highest BCUT2D eigenvalue weighted by Crippen LogP contribution is 2.28. The van der Waals surface area contributed by atoms with Crippen LogP contribution >= 0.6 is 24.8 Å². The summed E-state index contributed by atoms with van der Waals surface area (Å²) in [6.07, 6.45) is 1.57. The Bertz CT molecular complexity index is 1530. The molecule has 11 nitrogen and oxygen atoms in total. The normalized spacial score (nSPS) is 13.6. The number of hydrogen-bond donors (Lipinski definition) is 4. The van der Waals surface area contributed by atoms with Crippen LogP contribution in [0.3, 0.4) is 0 Å². The lowest BCUT2D eigenvalue weighted by atomic mass is 10.0. The molecule has 0 amide bonds. The Hall–Kier alpha value is -3.58. The van der Waals surface area contributed by atoms with Gasteiger partial charge in [0.05, 0.1) is 18.1 Å². The summed E-state index contributed by atoms with van der Waals surface area (Å²) in [7, 11) is -2.98. The van der Waals surface area contributed by atoms with E-state index in [4.69, 9.17) is 21.3 Å². The van der Waals surface area contributed by atoms with Gasteiger partial charge < -0.3 is 20.5 Å². The quantitative estimate of drug-likeness (QED) is 0.192. The number of ether oxygens (including phenoxy) is 1. The molecule has 5 N–H and O–H groups in total. The Labute approximate surface area is 258 Å². The lowest BCUT2D eigenvalue weighted by Gasteiger charge is -2.33. The van der Waals surface area contributed by atoms with Crippen LogP contribution in [0, 0.1) is 10.8 Å². The van der Waals surface area contributed by atoms with E-state index in [1.165, 1.54) is 11.4 Å². The number of fused-ring (bicyclic) bond motifs is 1. The molecule has 0 radical (unpaired) electrons. The van der Waals surface area contributed by atoms with Gasteiger partial charge in [-0.15, -0.1) is 24.8 Å². The van der Waals surface area contributed by atoms with Crippen molar-refractivity contribution < 1.29 is 23.1 Å². The van der Waals surface area contributed by atoms with Crippen LogP contribution in [0.5, 0.6) is 5.75 Å². The van der Waals surface area contributed by atoms with Crippen molar-refractivity contribution in [1.82, 2.24) is 9.21 Å². The smallest absolute Gasteiger partial charge is 0.318 e. The molecule has 3 aromatic carbocycles. The molecule has 3 aromatic rings. The zero-order chi connectivity index (χ0) is 29.0. The first-order chi connectivity index (χ1) is 18.9. The van der Waals surface area contributed by atoms with Gasteiger partial charge in [-0.2, -0.15) is 12.7 Å². The van der Waals surface area contributed by atoms with Gasteiger partial charge in [-0.1, -0.05) is 24.3 Å². The van der Waals surface area contributed by atoms with Crippen LogP contribution in [-0.4, -0.2) is 73.2 Å². The third-order valence-electron chi connectivity index (χ3n) is 6.92. The van der Waals surface area contributed by atoms with Crippen molar-refractivity contribution >= 4 is 69.1 Å². The first-order valence-corrected chi connectivity index (χ1v) is 14.2. The SMILES string of the molecule is CC(=N)N1CCC(Oc2ccc(N(Cc3ccc4ccc(C(=N)N)cc4c3)S(=O)(=O)N(C)CC(=O)O)cc2)CC1.Cl.Cl. The molecule has 1 heterocycles. The van der Waals surface area contributed by atoms with Gasteiger partial charge in [-0.3, -0.25) is 19.9 Å². The third kappa shape index (κ3) is 8.25. The van der Waals surface area contributed by atoms with E-state index in [-0.39, 0.29) is 43.3 Å². The Morgan fingerprint density at radius 1 is 1.02 bits per heavy atom. The molecule has 0 aliphatic carbocycles. The number of carboxylic acids is 1. The molecule has 0 unspecified atom stereocenters. The minimum atomic E-state index is -4.21. The van der Waals surface area contributed by atoms with E-state index >= 15 is 0 Å². The number of nitrogen functional groups attached to an aromatic ring is 1. The molecule has 1 aliphatic rings. The van der Waals surface area contributed by atoms with Gasteiger partial charge in [-0.25, -0.2) is 0 Å². The van der Waals surface area contributed by atoms with Crippen molar-refractivity contribution in [2.24, 2.45) is 5.73 Å². The number of nitrogens with zero attached hydrogens (tertiary/aromatic N) is 3. The van der Waals surface area contributed by atoms with Crippen LogP contribution in [0.25, 0.3) is 10.8 Å². The van der Waals surface area contributed by atoms with Gasteiger partial charge in [0, 0.05) is 38.5 Å². The van der Waals surface area contributed by atoms with Gasteiger partial charge in [0.15, 0.2) is 0 Å². The molecule has 0 atom stereocenters. The van der Waals surface area contributed by atoms with E-state index in [1.54, 1.807) is 43.3 Å². The highest BCUT2D eigenvalue weighted by molar-refractivity contribution is 7.90. The monoisotopic (exact) mass is 638 g/mol. The molecule has 0 aromatic heterocycles. The Morgan fingerprint density at radius 2 is 1.64 bits per heavy atom. The number of carbonyl (C=O) groups is 1. The lowest BCUT2D eigenvalue weighted by Crippen LogP contribution is -2.43. The molecule has 1 fully saturated rings. The number of hydrogen-bond acceptors (Lipinski definition) is 6. The average molecular weight is 640 g/mol. The van der Waals surface area contributed by atoms with E-state index < -0.39 is 22.7 Å². The second-order valence-corrected chi connectivity index (χ2v) is 11.8. The topological polar surface area (TPSA) is 164 Å². The maximum absolute atomic E-state index is 13.6. The molecule has 1 saturated heterocycles. The molecule has 4 rings (SSSR count). The van der Waals surface area contributed by atoms with Crippen molar-refractivity contribution in [2.75, 3.05) is 31.0 Å². The fourth-order valence-electron chi connectivity index (χ4n) is 4.67. The molecule has 1 aliphatic heterocycles. The minimum Gasteiger partial charge on any atom is -0.490 e. The number of aliphatic carboxylic acids is 1. The Morgan fingerprint density at radius 3 is 2.21 bits per heavy atom. The van der Waals surface area contributed by atoms with Crippen LogP contribution in [-0.2, 0) is 21.5 Å². The van der Waals surface area contributed by atoms with Crippen molar-refractivity contribution in [3.8, 4) is 5.75 Å². The molecule has 0 spiro atoms. The van der Waals surface area contributed by atoms with Gasteiger partial charge in [0.1, 0.15) is 24.2 Å². The minimum absolute atomic E-state index is 0. The zero-order valence-electron chi connectivity index (χ0n) is 23.3. The standard InChI is InChI=1S/C28H34N6O5S.2ClH/c1-19(29)33-13-11-26(12-14-33)39-25-9-7-24(8-10-25)34(40(37,38)32(2)18-27(35)36)17-20-3-4-21-5-6-22(28(30)31)16-23(21)15-20;;/h3-10,15-16,26,29H,11-14,17-18H2,1-2H3,(H3,30,31)(H,35,36);2*1H. The molecule has 0 saturated carbocycles. The van der Waals surface area contributed by atoms with Crippen LogP contribution < -0.4 is 14.8 Å². The first kappa shape index (κ1) is 34.6. The number of nitrogens with two attached hydrogens (primary N) is 1. The maximum atomic E-state index is 13.6. The van der Waals surface area contributed by atoms with Crippen molar-refractivity contribution in [1.29, 1.82) is 10.8 Å². The number of piperidine rings is 1. The molecule has 14 heteroatoms. The fourth-order valence-corrected chi connectivity index (χ4v) is 5.98. The van der Waals surface area contributed by atoms with Crippen molar-refractivity contribution in [2.45, 2.75) is 32.4 Å². The lowest BCUT2D eigenvalue weighted by molar-refractivity contribution is -0.137. The van der Waals surface area contributed by atoms with E-state index in [2.05, 4.69) is 0 Å². The highest BCUT2D eigenvalue weighted by atomic mass is 35.5. The summed E-state index contributed by atoms with van der Waals surface area (Å²) in [6.45, 7) is 2.54. The van der Waals surface area contributed by atoms with Gasteiger partial charge in [0.2, 0.25) is 0 Å². The molecular weight excluding hydrogens is 603 g/mol. The highest BCUT2D eigenvalue weighted by Gasteiger charge is 2.29. The number of amidine groups is 2. The van der Waals surface area contributed by atoms with Crippen LogP contribution in [0.4, 0.5) is 5.69 Å². The van der Waals surface area contributed by atoms with Crippen molar-refractivity contribution in [3.63, 3.8) is 0 Å². The fraction of sp³-hybridized carbons (Fsp3) is 0.321. The van der Waals surface area contributed by atoms with Gasteiger partial charge in [-0.05, 0) is 59.7 Å². The number of benzene rings is 3. The van der Waals surface area contributed by atoms with E-state index in [9.17, 15) is 18.3 Å². The van der Waals surface area contributed by atoms with E-state index in [1.807, 2.05) is 29.2 Å². The summed E-state index contributed by atoms with van der Waals surface area (Å²) in [4.78, 5) is 13.3. The number of likely N-dealkylation sites (tertiary alicyclic amines) is 1. The number of likely N-dealkylation sites (N-methyl/N-ethyl adjacent to an activating group) is 1. The van der Waals surface area contributed by atoms with Gasteiger partial charge in [0.25, 0.3) is 0 Å². The average Bonchev–Trinajstić information content (AvgIpc) is 2.91. The van der Waals surface area contributed by atoms with E-state index in [0.717, 1.165) is 41.0 Å². The number of rotatable bonds is 10. The predicted molar refractivity (Wildman–Crippen MR) is 170 cm³/mol. The summed E-state index contributed by atoms with van der Waals surface area (Å²) in [5, 5.41) is 26.4. The largest absolute Gasteiger partial charge is 0.490 e. The van der Waals surface area contributed by atoms with Crippen LogP contribution in [0.2, 0.25) is 0 Å². The summed E-state index contributed by atoms with van der Waals surface area (Å²) in [5.41, 5.74) is 7.23. The number of nitrogens with one attached hydrogen (secondary N) is 2. The zero-order valence-corrected chi connectivity index (χ0v) is 25.8. The second-order valence-electron chi connectivity index (χ2n) is 9.86. The summed E-state index contributed by atoms with van der Waals surface area (Å²) < 4.78 is 35.2. The first-order valence-electron chi connectivity index (χ1n) is 12.8. The van der Waals surface area contributed by atoms with E-state index in [0.29, 0.717) is 28.4 Å². The molecule has 0 bridgehead atoms. The van der Waals surface area contributed by atoms with Gasteiger partial charge >= 0.3 is 16.2 Å². The van der Waals surface area contributed by atoms with Crippen molar-refractivity contribution in [3.05, 3.63) is 71.8 Å². The number of anilines is 1. The number of halogens is 2. The number of carboxylic acid groups (broad SMARTS) is 1. The Balaban J connectivity index is 0.00000308. The Kier molecular flexibility index (Phi) is 12.0. The molecular formula is C28H36Cl2N6O5S. The molecule has 42 heavy (non-hydrogen) atoms. The van der Waals surface area contributed by atoms with Crippen LogP contribution in [0.15, 0.2) is 60.7 Å². The maximum Gasteiger partial charge on any atom is 0.318 e. The second kappa shape index (κ2) is 14.5. The summed E-state index contributed by atoms with van der Waals surface area (Å²) in [5.74, 6) is -0.179. The predicted octanol–water partition coefficient (Wildman–Crippen LogP) is 4.08.